The van der Waals surface area contributed by atoms with Gasteiger partial charge in [-0.05, 0) is 46.4 Å². The molecular weight excluding hydrogens is 431 g/mol. The van der Waals surface area contributed by atoms with Crippen molar-refractivity contribution in [2.75, 3.05) is 20.8 Å². The molecule has 130 valence electrons. The largest absolute Gasteiger partial charge is 0.496 e. The summed E-state index contributed by atoms with van der Waals surface area (Å²) in [5.41, 5.74) is 4.94. The number of hydrazone groups is 1. The maximum Gasteiger partial charge on any atom is 0.175 e. The molecule has 2 aromatic carbocycles. The Labute approximate surface area is 161 Å². The lowest BCUT2D eigenvalue weighted by Crippen LogP contribution is -2.07. The van der Waals surface area contributed by atoms with Gasteiger partial charge in [0.05, 0.1) is 30.5 Å². The van der Waals surface area contributed by atoms with E-state index in [-0.39, 0.29) is 6.61 Å². The third-order valence-corrected chi connectivity index (χ3v) is 4.12. The second-order valence-electron chi connectivity index (χ2n) is 4.93. The van der Waals surface area contributed by atoms with Crippen molar-refractivity contribution < 1.29 is 14.2 Å². The molecule has 0 saturated heterocycles. The molecule has 0 aliphatic carbocycles. The summed E-state index contributed by atoms with van der Waals surface area (Å²) in [6.07, 6.45) is 6.97. The number of para-hydroxylation sites is 1. The molecule has 0 atom stereocenters. The molecule has 0 fully saturated rings. The lowest BCUT2D eigenvalue weighted by Gasteiger charge is -2.11. The van der Waals surface area contributed by atoms with Crippen molar-refractivity contribution in [2.45, 2.75) is 6.54 Å². The van der Waals surface area contributed by atoms with Crippen LogP contribution in [0.1, 0.15) is 11.1 Å². The van der Waals surface area contributed by atoms with Crippen molar-refractivity contribution >= 4 is 28.8 Å². The molecule has 6 heteroatoms. The molecule has 0 saturated carbocycles. The molecule has 0 aliphatic rings. The lowest BCUT2D eigenvalue weighted by molar-refractivity contribution is 0.328. The molecule has 5 nitrogen and oxygen atoms in total. The van der Waals surface area contributed by atoms with E-state index in [1.807, 2.05) is 36.4 Å². The van der Waals surface area contributed by atoms with Gasteiger partial charge in [0, 0.05) is 5.56 Å². The van der Waals surface area contributed by atoms with Crippen molar-refractivity contribution in [2.24, 2.45) is 5.10 Å². The van der Waals surface area contributed by atoms with Gasteiger partial charge in [0.1, 0.15) is 12.4 Å². The Balaban J connectivity index is 2.05. The first-order valence-electron chi connectivity index (χ1n) is 7.51. The highest BCUT2D eigenvalue weighted by atomic mass is 127. The molecule has 0 spiro atoms. The van der Waals surface area contributed by atoms with Crippen molar-refractivity contribution in [3.63, 3.8) is 0 Å². The van der Waals surface area contributed by atoms with Crippen molar-refractivity contribution in [1.82, 2.24) is 5.43 Å². The minimum absolute atomic E-state index is 0.195. The summed E-state index contributed by atoms with van der Waals surface area (Å²) in [6, 6.07) is 11.6. The zero-order chi connectivity index (χ0) is 18.1. The first-order valence-corrected chi connectivity index (χ1v) is 8.59. The van der Waals surface area contributed by atoms with Crippen LogP contribution in [0.25, 0.3) is 0 Å². The quantitative estimate of drug-likeness (QED) is 0.290. The second-order valence-corrected chi connectivity index (χ2v) is 6.09. The first-order chi connectivity index (χ1) is 12.2. The predicted octanol–water partition coefficient (Wildman–Crippen LogP) is 3.44. The zero-order valence-electron chi connectivity index (χ0n) is 14.1. The Kier molecular flexibility index (Phi) is 7.41. The Hall–Kier alpha value is -2.40. The number of halogens is 1. The molecule has 1 N–H and O–H groups in total. The van der Waals surface area contributed by atoms with Crippen LogP contribution in [0.3, 0.4) is 0 Å². The van der Waals surface area contributed by atoms with Crippen LogP contribution in [0, 0.1) is 15.9 Å². The van der Waals surface area contributed by atoms with Gasteiger partial charge in [0.2, 0.25) is 0 Å². The summed E-state index contributed by atoms with van der Waals surface area (Å²) in [4.78, 5) is 0. The third-order valence-electron chi connectivity index (χ3n) is 3.32. The van der Waals surface area contributed by atoms with E-state index in [9.17, 15) is 0 Å². The van der Waals surface area contributed by atoms with E-state index >= 15 is 0 Å². The average molecular weight is 450 g/mol. The highest BCUT2D eigenvalue weighted by Gasteiger charge is 2.10. The van der Waals surface area contributed by atoms with E-state index in [4.69, 9.17) is 20.6 Å². The van der Waals surface area contributed by atoms with Crippen molar-refractivity contribution in [3.05, 3.63) is 51.1 Å². The van der Waals surface area contributed by atoms with Gasteiger partial charge in [0.25, 0.3) is 0 Å². The van der Waals surface area contributed by atoms with Crippen LogP contribution in [0.2, 0.25) is 0 Å². The fraction of sp³-hybridized carbons (Fsp3) is 0.211. The van der Waals surface area contributed by atoms with Gasteiger partial charge in [-0.1, -0.05) is 24.1 Å². The van der Waals surface area contributed by atoms with Crippen LogP contribution in [0.4, 0.5) is 0 Å². The topological polar surface area (TPSA) is 52.1 Å². The molecule has 0 bridgehead atoms. The minimum Gasteiger partial charge on any atom is -0.496 e. The van der Waals surface area contributed by atoms with Gasteiger partial charge in [-0.25, -0.2) is 0 Å². The standard InChI is InChI=1S/C19H19IN2O3/c1-4-9-25-19-16(20)10-14(11-18(19)24-3)12-21-22-13-15-7-5-6-8-17(15)23-2/h1,5-8,10-12,22H,9,13H2,2-3H3/b21-12-. The molecule has 0 heterocycles. The third kappa shape index (κ3) is 5.29. The monoisotopic (exact) mass is 450 g/mol. The number of ether oxygens (including phenoxy) is 3. The van der Waals surface area contributed by atoms with Gasteiger partial charge in [-0.2, -0.15) is 5.10 Å². The van der Waals surface area contributed by atoms with Crippen molar-refractivity contribution in [1.29, 1.82) is 0 Å². The number of nitrogens with one attached hydrogen (secondary N) is 1. The Bertz CT molecular complexity index is 785. The number of methoxy groups -OCH3 is 2. The van der Waals surface area contributed by atoms with Gasteiger partial charge < -0.3 is 19.6 Å². The number of benzene rings is 2. The molecule has 25 heavy (non-hydrogen) atoms. The Morgan fingerprint density at radius 2 is 1.96 bits per heavy atom. The first kappa shape index (κ1) is 18.9. The SMILES string of the molecule is C#CCOc1c(I)cc(/C=N\NCc2ccccc2OC)cc1OC. The van der Waals surface area contributed by atoms with E-state index in [1.54, 1.807) is 20.4 Å². The van der Waals surface area contributed by atoms with Gasteiger partial charge >= 0.3 is 0 Å². The van der Waals surface area contributed by atoms with Crippen molar-refractivity contribution in [3.8, 4) is 29.6 Å². The summed E-state index contributed by atoms with van der Waals surface area (Å²) in [5, 5.41) is 4.26. The fourth-order valence-corrected chi connectivity index (χ4v) is 2.95. The fourth-order valence-electron chi connectivity index (χ4n) is 2.17. The number of nitrogens with zero attached hydrogens (tertiary/aromatic N) is 1. The predicted molar refractivity (Wildman–Crippen MR) is 107 cm³/mol. The summed E-state index contributed by atoms with van der Waals surface area (Å²) in [7, 11) is 3.25. The molecule has 0 amide bonds. The number of rotatable bonds is 8. The van der Waals surface area contributed by atoms with E-state index in [0.717, 1.165) is 20.4 Å². The Morgan fingerprint density at radius 1 is 1.20 bits per heavy atom. The van der Waals surface area contributed by atoms with E-state index < -0.39 is 0 Å². The van der Waals surface area contributed by atoms with Crippen LogP contribution in [0.5, 0.6) is 17.2 Å². The van der Waals surface area contributed by atoms with Crippen LogP contribution >= 0.6 is 22.6 Å². The molecule has 0 unspecified atom stereocenters. The highest BCUT2D eigenvalue weighted by molar-refractivity contribution is 14.1. The zero-order valence-corrected chi connectivity index (χ0v) is 16.2. The van der Waals surface area contributed by atoms with E-state index in [1.165, 1.54) is 0 Å². The molecule has 0 radical (unpaired) electrons. The summed E-state index contributed by atoms with van der Waals surface area (Å²) < 4.78 is 17.1. The lowest BCUT2D eigenvalue weighted by atomic mass is 10.2. The maximum absolute atomic E-state index is 5.53. The number of hydrogen-bond acceptors (Lipinski definition) is 5. The second kappa shape index (κ2) is 9.79. The van der Waals surface area contributed by atoms with Crippen LogP contribution in [-0.4, -0.2) is 27.0 Å². The van der Waals surface area contributed by atoms with Gasteiger partial charge in [-0.3, -0.25) is 0 Å². The number of terminal acetylenes is 1. The highest BCUT2D eigenvalue weighted by Crippen LogP contribution is 2.33. The normalized spacial score (nSPS) is 10.3. The molecular formula is C19H19IN2O3. The molecule has 2 rings (SSSR count). The molecule has 0 aliphatic heterocycles. The van der Waals surface area contributed by atoms with Gasteiger partial charge in [-0.15, -0.1) is 6.42 Å². The number of hydrogen-bond donors (Lipinski definition) is 1. The maximum atomic E-state index is 5.53. The molecule has 0 aromatic heterocycles. The van der Waals surface area contributed by atoms with Crippen LogP contribution in [-0.2, 0) is 6.54 Å². The van der Waals surface area contributed by atoms with Crippen LogP contribution < -0.4 is 19.6 Å². The average Bonchev–Trinajstić information content (AvgIpc) is 2.64. The molecule has 2 aromatic rings. The van der Waals surface area contributed by atoms with E-state index in [2.05, 4.69) is 39.0 Å². The van der Waals surface area contributed by atoms with E-state index in [0.29, 0.717) is 18.0 Å². The summed E-state index contributed by atoms with van der Waals surface area (Å²) >= 11 is 2.18. The summed E-state index contributed by atoms with van der Waals surface area (Å²) in [6.45, 7) is 0.762. The van der Waals surface area contributed by atoms with Crippen LogP contribution in [0.15, 0.2) is 41.5 Å². The minimum atomic E-state index is 0.195. The van der Waals surface area contributed by atoms with Gasteiger partial charge in [0.15, 0.2) is 11.5 Å². The Morgan fingerprint density at radius 3 is 2.68 bits per heavy atom. The smallest absolute Gasteiger partial charge is 0.175 e. The summed E-state index contributed by atoms with van der Waals surface area (Å²) in [5.74, 6) is 4.54.